The quantitative estimate of drug-likeness (QED) is 0.290. The Morgan fingerprint density at radius 2 is 1.79 bits per heavy atom. The molecule has 3 aliphatic carbocycles. The summed E-state index contributed by atoms with van der Waals surface area (Å²) in [6.07, 6.45) is -0.905. The van der Waals surface area contributed by atoms with Crippen molar-refractivity contribution in [3.05, 3.63) is 75.8 Å². The van der Waals surface area contributed by atoms with Crippen LogP contribution in [-0.4, -0.2) is 51.9 Å². The number of carbonyl (C=O) groups is 3. The predicted octanol–water partition coefficient (Wildman–Crippen LogP) is 1.04. The number of ketones is 2. The largest absolute Gasteiger partial charge is 0.508 e. The van der Waals surface area contributed by atoms with E-state index in [1.807, 2.05) is 0 Å². The first kappa shape index (κ1) is 26.5. The molecule has 11 nitrogen and oxygen atoms in total. The predicted molar refractivity (Wildman–Crippen MR) is 132 cm³/mol. The third-order valence-electron chi connectivity index (χ3n) is 7.58. The number of primary amides is 1. The second-order valence-corrected chi connectivity index (χ2v) is 11.5. The highest BCUT2D eigenvalue weighted by molar-refractivity contribution is 7.89. The summed E-state index contributed by atoms with van der Waals surface area (Å²) in [5, 5.41) is 43.5. The van der Waals surface area contributed by atoms with Gasteiger partial charge in [0.2, 0.25) is 15.8 Å². The lowest BCUT2D eigenvalue weighted by atomic mass is 9.59. The molecule has 3 aliphatic rings. The molecule has 13 heteroatoms. The fraction of sp³-hybridized carbons (Fsp3) is 0.269. The van der Waals surface area contributed by atoms with Gasteiger partial charge in [-0.05, 0) is 37.0 Å². The highest BCUT2D eigenvalue weighted by Gasteiger charge is 2.60. The number of nitrogens with one attached hydrogen (secondary N) is 1. The summed E-state index contributed by atoms with van der Waals surface area (Å²) in [6, 6.07) is 8.27. The van der Waals surface area contributed by atoms with Crippen LogP contribution >= 0.6 is 0 Å². The minimum Gasteiger partial charge on any atom is -0.508 e. The van der Waals surface area contributed by atoms with Gasteiger partial charge in [-0.3, -0.25) is 14.4 Å². The number of nitrogens with two attached hydrogens (primary N) is 1. The summed E-state index contributed by atoms with van der Waals surface area (Å²) in [5.74, 6) is -9.13. The van der Waals surface area contributed by atoms with Crippen molar-refractivity contribution in [2.45, 2.75) is 36.3 Å². The van der Waals surface area contributed by atoms with Gasteiger partial charge in [0.15, 0.2) is 11.4 Å². The average Bonchev–Trinajstić information content (AvgIpc) is 2.87. The number of fused-ring (bicyclic) bond motifs is 3. The zero-order valence-electron chi connectivity index (χ0n) is 20.1. The molecular weight excluding hydrogens is 535 g/mol. The maximum atomic E-state index is 15.6. The summed E-state index contributed by atoms with van der Waals surface area (Å²) < 4.78 is 43.0. The number of hydrogen-bond donors (Lipinski definition) is 6. The first-order valence-electron chi connectivity index (χ1n) is 11.8. The summed E-state index contributed by atoms with van der Waals surface area (Å²) >= 11 is 0. The number of halogens is 1. The molecule has 5 rings (SSSR count). The minimum absolute atomic E-state index is 0.0511. The van der Waals surface area contributed by atoms with E-state index < -0.39 is 97.7 Å². The van der Waals surface area contributed by atoms with Gasteiger partial charge in [0.25, 0.3) is 5.91 Å². The van der Waals surface area contributed by atoms with Crippen LogP contribution in [0.2, 0.25) is 0 Å². The number of rotatable bonds is 5. The van der Waals surface area contributed by atoms with Gasteiger partial charge in [-0.25, -0.2) is 17.5 Å². The van der Waals surface area contributed by atoms with Gasteiger partial charge in [-0.2, -0.15) is 0 Å². The average molecular weight is 559 g/mol. The molecule has 2 aromatic rings. The molecule has 0 radical (unpaired) electrons. The van der Waals surface area contributed by atoms with Gasteiger partial charge in [-0.1, -0.05) is 18.2 Å². The normalized spacial score (nSPS) is 24.8. The van der Waals surface area contributed by atoms with Crippen LogP contribution in [0.1, 0.15) is 29.5 Å². The van der Waals surface area contributed by atoms with Gasteiger partial charge in [0.1, 0.15) is 28.7 Å². The Hall–Kier alpha value is -4.07. The third-order valence-corrected chi connectivity index (χ3v) is 9.00. The molecular formula is C26H23FN2O9S. The number of benzene rings is 2. The smallest absolute Gasteiger partial charge is 0.255 e. The van der Waals surface area contributed by atoms with E-state index >= 15 is 4.39 Å². The molecule has 0 bridgehead atoms. The van der Waals surface area contributed by atoms with Gasteiger partial charge < -0.3 is 26.2 Å². The number of sulfonamides is 1. The molecule has 7 N–H and O–H groups in total. The fourth-order valence-electron chi connectivity index (χ4n) is 5.71. The van der Waals surface area contributed by atoms with Crippen LogP contribution in [0, 0.1) is 17.7 Å². The number of aliphatic hydroxyl groups excluding tert-OH is 2. The van der Waals surface area contributed by atoms with Crippen molar-refractivity contribution >= 4 is 33.3 Å². The van der Waals surface area contributed by atoms with Crippen LogP contribution in [0.4, 0.5) is 4.39 Å². The van der Waals surface area contributed by atoms with Crippen molar-refractivity contribution in [1.82, 2.24) is 4.72 Å². The van der Waals surface area contributed by atoms with E-state index in [0.29, 0.717) is 0 Å². The zero-order valence-corrected chi connectivity index (χ0v) is 21.0. The number of hydrogen-bond acceptors (Lipinski definition) is 9. The lowest BCUT2D eigenvalue weighted by molar-refractivity contribution is -0.147. The van der Waals surface area contributed by atoms with Gasteiger partial charge >= 0.3 is 0 Å². The molecule has 0 aromatic heterocycles. The highest BCUT2D eigenvalue weighted by Crippen LogP contribution is 2.52. The standard InChI is InChI=1S/C26H23FN2O9S/c27-21-12(10-29-39(37,38)14-4-2-1-3-5-14)8-16(30)19-15(21)7-11-6-13-9-17(31)20(25(28)35)24(34)26(13,36)23(33)18(11)22(19)32/h1-5,8,11,13,29-30,32,34,36H,6-7,9-10H2,(H2,28,35)/t11?,13-,26-/m0/s1. The van der Waals surface area contributed by atoms with Crippen LogP contribution in [0.25, 0.3) is 5.76 Å². The second-order valence-electron chi connectivity index (χ2n) is 9.77. The van der Waals surface area contributed by atoms with E-state index in [0.717, 1.165) is 6.07 Å². The number of aromatic hydroxyl groups is 1. The minimum atomic E-state index is -4.01. The first-order valence-corrected chi connectivity index (χ1v) is 13.3. The van der Waals surface area contributed by atoms with Crippen molar-refractivity contribution < 1.29 is 47.6 Å². The Balaban J connectivity index is 1.55. The summed E-state index contributed by atoms with van der Waals surface area (Å²) in [5.41, 5.74) is 0.286. The monoisotopic (exact) mass is 558 g/mol. The van der Waals surface area contributed by atoms with Crippen molar-refractivity contribution in [1.29, 1.82) is 0 Å². The Labute approximate surface area is 221 Å². The number of phenolic OH excluding ortho intramolecular Hbond substituents is 1. The molecule has 1 saturated carbocycles. The van der Waals surface area contributed by atoms with Gasteiger partial charge in [0, 0.05) is 35.6 Å². The van der Waals surface area contributed by atoms with E-state index in [2.05, 4.69) is 4.72 Å². The summed E-state index contributed by atoms with van der Waals surface area (Å²) in [4.78, 5) is 37.5. The van der Waals surface area contributed by atoms with Crippen LogP contribution in [-0.2, 0) is 37.4 Å². The SMILES string of the molecule is NC(=O)C1=C(O)[C@@]2(O)C(=O)C3=C(O)c4c(O)cc(CNS(=O)(=O)c5ccccc5)c(F)c4CC3C[C@H]2CC1=O. The Bertz CT molecular complexity index is 1630. The first-order chi connectivity index (χ1) is 18.3. The van der Waals surface area contributed by atoms with Crippen molar-refractivity contribution in [3.8, 4) is 5.75 Å². The highest BCUT2D eigenvalue weighted by atomic mass is 32.2. The lowest BCUT2D eigenvalue weighted by Crippen LogP contribution is -2.58. The van der Waals surface area contributed by atoms with E-state index in [1.165, 1.54) is 24.3 Å². The fourth-order valence-corrected chi connectivity index (χ4v) is 6.74. The number of carbonyl (C=O) groups excluding carboxylic acids is 3. The van der Waals surface area contributed by atoms with Crippen molar-refractivity contribution in [3.63, 3.8) is 0 Å². The van der Waals surface area contributed by atoms with E-state index in [-0.39, 0.29) is 28.9 Å². The Morgan fingerprint density at radius 1 is 1.13 bits per heavy atom. The molecule has 3 atom stereocenters. The molecule has 0 heterocycles. The van der Waals surface area contributed by atoms with Crippen LogP contribution < -0.4 is 10.5 Å². The summed E-state index contributed by atoms with van der Waals surface area (Å²) in [7, 11) is -4.01. The third kappa shape index (κ3) is 3.92. The number of aliphatic hydroxyl groups is 3. The summed E-state index contributed by atoms with van der Waals surface area (Å²) in [6.45, 7) is -0.531. The molecule has 39 heavy (non-hydrogen) atoms. The molecule has 0 aliphatic heterocycles. The molecule has 1 unspecified atom stereocenters. The van der Waals surface area contributed by atoms with Crippen LogP contribution in [0.5, 0.6) is 5.75 Å². The number of amides is 1. The Kier molecular flexibility index (Phi) is 6.12. The van der Waals surface area contributed by atoms with Crippen molar-refractivity contribution in [2.24, 2.45) is 17.6 Å². The second kappa shape index (κ2) is 9.00. The number of phenols is 1. The molecule has 0 saturated heterocycles. The maximum absolute atomic E-state index is 15.6. The molecule has 2 aromatic carbocycles. The van der Waals surface area contributed by atoms with Crippen LogP contribution in [0.3, 0.4) is 0 Å². The maximum Gasteiger partial charge on any atom is 0.255 e. The van der Waals surface area contributed by atoms with Crippen LogP contribution in [0.15, 0.2) is 58.2 Å². The zero-order chi connectivity index (χ0) is 28.4. The number of Topliss-reactive ketones (excluding diaryl/α,β-unsaturated/α-hetero) is 2. The molecule has 204 valence electrons. The Morgan fingerprint density at radius 3 is 2.44 bits per heavy atom. The molecule has 1 amide bonds. The van der Waals surface area contributed by atoms with Gasteiger partial charge in [-0.15, -0.1) is 0 Å². The lowest BCUT2D eigenvalue weighted by Gasteiger charge is -2.46. The van der Waals surface area contributed by atoms with E-state index in [4.69, 9.17) is 5.73 Å². The molecule has 1 fully saturated rings. The van der Waals surface area contributed by atoms with Gasteiger partial charge in [0.05, 0.1) is 10.5 Å². The van der Waals surface area contributed by atoms with E-state index in [1.54, 1.807) is 6.07 Å². The topological polar surface area (TPSA) is 204 Å². The van der Waals surface area contributed by atoms with E-state index in [9.17, 15) is 43.2 Å². The van der Waals surface area contributed by atoms with Crippen molar-refractivity contribution in [2.75, 3.05) is 0 Å². The molecule has 0 spiro atoms.